The lowest BCUT2D eigenvalue weighted by atomic mass is 9.87. The van der Waals surface area contributed by atoms with Gasteiger partial charge >= 0.3 is 6.03 Å². The van der Waals surface area contributed by atoms with Crippen LogP contribution < -0.4 is 15.5 Å². The quantitative estimate of drug-likeness (QED) is 0.893. The Morgan fingerprint density at radius 2 is 2.08 bits per heavy atom. The van der Waals surface area contributed by atoms with Crippen molar-refractivity contribution in [2.45, 2.75) is 32.2 Å². The Labute approximate surface area is 153 Å². The zero-order valence-electron chi connectivity index (χ0n) is 14.9. The molecule has 1 fully saturated rings. The average Bonchev–Trinajstić information content (AvgIpc) is 3.08. The third-order valence-corrected chi connectivity index (χ3v) is 5.29. The van der Waals surface area contributed by atoms with Crippen LogP contribution >= 0.6 is 0 Å². The lowest BCUT2D eigenvalue weighted by molar-refractivity contribution is 0.0932. The molecule has 1 aliphatic heterocycles. The van der Waals surface area contributed by atoms with Gasteiger partial charge in [-0.2, -0.15) is 0 Å². The number of carbonyl (C=O) groups excluding carboxylic acids is 2. The van der Waals surface area contributed by atoms with Crippen LogP contribution in [0.1, 0.15) is 45.9 Å². The topological polar surface area (TPSA) is 61.4 Å². The van der Waals surface area contributed by atoms with Gasteiger partial charge in [0.25, 0.3) is 5.91 Å². The van der Waals surface area contributed by atoms with Crippen molar-refractivity contribution in [3.63, 3.8) is 0 Å². The summed E-state index contributed by atoms with van der Waals surface area (Å²) in [7, 11) is 0. The van der Waals surface area contributed by atoms with E-state index in [0.29, 0.717) is 18.7 Å². The first kappa shape index (κ1) is 16.6. The lowest BCUT2D eigenvalue weighted by Gasteiger charge is -2.26. The molecule has 1 saturated heterocycles. The minimum absolute atomic E-state index is 0.0484. The molecule has 0 aromatic heterocycles. The predicted molar refractivity (Wildman–Crippen MR) is 102 cm³/mol. The summed E-state index contributed by atoms with van der Waals surface area (Å²) in [6, 6.07) is 13.8. The Balaban J connectivity index is 1.57. The van der Waals surface area contributed by atoms with E-state index in [1.54, 1.807) is 4.90 Å². The maximum absolute atomic E-state index is 12.9. The molecule has 1 atom stereocenters. The summed E-state index contributed by atoms with van der Waals surface area (Å²) < 4.78 is 0. The van der Waals surface area contributed by atoms with Gasteiger partial charge in [-0.3, -0.25) is 9.69 Å². The van der Waals surface area contributed by atoms with E-state index in [0.717, 1.165) is 30.5 Å². The van der Waals surface area contributed by atoms with Crippen LogP contribution in [-0.2, 0) is 6.42 Å². The molecular formula is C21H23N3O2. The number of nitrogens with one attached hydrogen (secondary N) is 2. The van der Waals surface area contributed by atoms with E-state index in [4.69, 9.17) is 0 Å². The van der Waals surface area contributed by atoms with Crippen LogP contribution in [-0.4, -0.2) is 25.0 Å². The fourth-order valence-corrected chi connectivity index (χ4v) is 3.89. The Bertz CT molecular complexity index is 862. The minimum Gasteiger partial charge on any atom is -0.345 e. The molecular weight excluding hydrogens is 326 g/mol. The molecule has 5 nitrogen and oxygen atoms in total. The lowest BCUT2D eigenvalue weighted by Crippen LogP contribution is -2.32. The number of amides is 3. The number of benzene rings is 2. The van der Waals surface area contributed by atoms with Gasteiger partial charge in [0.2, 0.25) is 0 Å². The van der Waals surface area contributed by atoms with Crippen LogP contribution in [0.5, 0.6) is 0 Å². The van der Waals surface area contributed by atoms with Gasteiger partial charge in [0.15, 0.2) is 0 Å². The number of aryl methyl sites for hydroxylation is 2. The molecule has 1 aliphatic carbocycles. The second-order valence-corrected chi connectivity index (χ2v) is 7.00. The van der Waals surface area contributed by atoms with E-state index in [9.17, 15) is 9.59 Å². The second-order valence-electron chi connectivity index (χ2n) is 7.00. The minimum atomic E-state index is -0.105. The van der Waals surface area contributed by atoms with Gasteiger partial charge in [-0.25, -0.2) is 4.79 Å². The molecule has 134 valence electrons. The van der Waals surface area contributed by atoms with Crippen molar-refractivity contribution in [2.75, 3.05) is 18.0 Å². The number of fused-ring (bicyclic) bond motifs is 1. The molecule has 0 spiro atoms. The summed E-state index contributed by atoms with van der Waals surface area (Å²) in [6.07, 6.45) is 3.10. The van der Waals surface area contributed by atoms with Crippen molar-refractivity contribution < 1.29 is 9.59 Å². The summed E-state index contributed by atoms with van der Waals surface area (Å²) >= 11 is 0. The van der Waals surface area contributed by atoms with E-state index >= 15 is 0 Å². The van der Waals surface area contributed by atoms with Gasteiger partial charge in [0.1, 0.15) is 0 Å². The maximum atomic E-state index is 12.9. The first-order valence-electron chi connectivity index (χ1n) is 9.18. The average molecular weight is 349 g/mol. The van der Waals surface area contributed by atoms with Gasteiger partial charge in [-0.1, -0.05) is 30.3 Å². The third-order valence-electron chi connectivity index (χ3n) is 5.29. The number of urea groups is 1. The van der Waals surface area contributed by atoms with Crippen molar-refractivity contribution in [1.29, 1.82) is 0 Å². The predicted octanol–water partition coefficient (Wildman–Crippen LogP) is 3.33. The molecule has 2 aromatic rings. The van der Waals surface area contributed by atoms with E-state index in [1.807, 2.05) is 31.2 Å². The van der Waals surface area contributed by atoms with E-state index in [-0.39, 0.29) is 18.0 Å². The number of rotatable bonds is 3. The van der Waals surface area contributed by atoms with E-state index < -0.39 is 0 Å². The van der Waals surface area contributed by atoms with Crippen molar-refractivity contribution >= 4 is 17.6 Å². The Morgan fingerprint density at radius 1 is 1.23 bits per heavy atom. The first-order chi connectivity index (χ1) is 12.6. The fraction of sp³-hybridized carbons (Fsp3) is 0.333. The summed E-state index contributed by atoms with van der Waals surface area (Å²) in [5.74, 6) is -0.0902. The molecule has 1 heterocycles. The van der Waals surface area contributed by atoms with Gasteiger partial charge in [0, 0.05) is 24.3 Å². The fourth-order valence-electron chi connectivity index (χ4n) is 3.89. The number of nitrogens with zero attached hydrogens (tertiary/aromatic N) is 1. The van der Waals surface area contributed by atoms with Crippen molar-refractivity contribution in [2.24, 2.45) is 0 Å². The molecule has 2 N–H and O–H groups in total. The molecule has 2 aliphatic rings. The van der Waals surface area contributed by atoms with Crippen LogP contribution in [0.2, 0.25) is 0 Å². The highest BCUT2D eigenvalue weighted by Crippen LogP contribution is 2.30. The molecule has 2 aromatic carbocycles. The van der Waals surface area contributed by atoms with Gasteiger partial charge < -0.3 is 10.6 Å². The summed E-state index contributed by atoms with van der Waals surface area (Å²) in [5.41, 5.74) is 4.92. The van der Waals surface area contributed by atoms with Crippen molar-refractivity contribution in [3.05, 3.63) is 64.7 Å². The van der Waals surface area contributed by atoms with E-state index in [2.05, 4.69) is 28.8 Å². The second kappa shape index (κ2) is 6.83. The molecule has 26 heavy (non-hydrogen) atoms. The van der Waals surface area contributed by atoms with Crippen molar-refractivity contribution in [3.8, 4) is 0 Å². The van der Waals surface area contributed by atoms with E-state index in [1.165, 1.54) is 11.1 Å². The molecule has 3 amide bonds. The van der Waals surface area contributed by atoms with Gasteiger partial charge in [-0.15, -0.1) is 0 Å². The molecule has 0 saturated carbocycles. The SMILES string of the molecule is Cc1ccc(C(=O)N[C@@H]2CCCc3ccccc32)cc1N1CCNC1=O. The zero-order valence-corrected chi connectivity index (χ0v) is 14.9. The molecule has 0 unspecified atom stereocenters. The Morgan fingerprint density at radius 3 is 2.88 bits per heavy atom. The zero-order chi connectivity index (χ0) is 18.1. The van der Waals surface area contributed by atoms with Crippen molar-refractivity contribution in [1.82, 2.24) is 10.6 Å². The molecule has 0 radical (unpaired) electrons. The number of hydrogen-bond donors (Lipinski definition) is 2. The largest absolute Gasteiger partial charge is 0.345 e. The Hall–Kier alpha value is -2.82. The Kier molecular flexibility index (Phi) is 4.37. The first-order valence-corrected chi connectivity index (χ1v) is 9.18. The highest BCUT2D eigenvalue weighted by Gasteiger charge is 2.25. The highest BCUT2D eigenvalue weighted by atomic mass is 16.2. The highest BCUT2D eigenvalue weighted by molar-refractivity contribution is 5.99. The summed E-state index contributed by atoms with van der Waals surface area (Å²) in [6.45, 7) is 3.22. The van der Waals surface area contributed by atoms with Crippen LogP contribution in [0.3, 0.4) is 0 Å². The summed E-state index contributed by atoms with van der Waals surface area (Å²) in [5, 5.41) is 5.99. The number of anilines is 1. The van der Waals surface area contributed by atoms with Crippen LogP contribution in [0.15, 0.2) is 42.5 Å². The van der Waals surface area contributed by atoms with Crippen LogP contribution in [0, 0.1) is 6.92 Å². The van der Waals surface area contributed by atoms with Gasteiger partial charge in [0.05, 0.1) is 6.04 Å². The number of hydrogen-bond acceptors (Lipinski definition) is 2. The monoisotopic (exact) mass is 349 g/mol. The number of carbonyl (C=O) groups is 2. The maximum Gasteiger partial charge on any atom is 0.322 e. The molecule has 5 heteroatoms. The normalized spacial score (nSPS) is 19.0. The standard InChI is InChI=1S/C21H23N3O2/c1-14-9-10-16(13-19(14)24-12-11-22-21(24)26)20(25)23-18-8-4-6-15-5-2-3-7-17(15)18/h2-3,5,7,9-10,13,18H,4,6,8,11-12H2,1H3,(H,22,26)(H,23,25)/t18-/m1/s1. The van der Waals surface area contributed by atoms with Crippen LogP contribution in [0.4, 0.5) is 10.5 Å². The van der Waals surface area contributed by atoms with Gasteiger partial charge in [-0.05, 0) is 55.0 Å². The smallest absolute Gasteiger partial charge is 0.322 e. The van der Waals surface area contributed by atoms with Crippen LogP contribution in [0.25, 0.3) is 0 Å². The molecule has 0 bridgehead atoms. The summed E-state index contributed by atoms with van der Waals surface area (Å²) in [4.78, 5) is 26.5. The third kappa shape index (κ3) is 3.05. The molecule has 4 rings (SSSR count).